The molecule has 0 aliphatic carbocycles. The summed E-state index contributed by atoms with van der Waals surface area (Å²) in [4.78, 5) is 0. The molecule has 1 N–H and O–H groups in total. The Bertz CT molecular complexity index is 349. The van der Waals surface area contributed by atoms with E-state index in [1.165, 1.54) is 6.07 Å². The number of hydrogen-bond acceptors (Lipinski definition) is 2. The number of rotatable bonds is 1. The minimum atomic E-state index is -0.124. The summed E-state index contributed by atoms with van der Waals surface area (Å²) < 4.78 is 20.1. The third kappa shape index (κ3) is 4.05. The van der Waals surface area contributed by atoms with E-state index in [1.807, 2.05) is 6.07 Å². The Kier molecular flexibility index (Phi) is 6.09. The molecule has 17 heavy (non-hydrogen) atoms. The summed E-state index contributed by atoms with van der Waals surface area (Å²) in [7, 11) is 1.00. The van der Waals surface area contributed by atoms with Crippen LogP contribution in [-0.2, 0) is 4.74 Å². The van der Waals surface area contributed by atoms with Gasteiger partial charge in [-0.25, -0.2) is 4.39 Å². The maximum atomic E-state index is 13.6. The lowest BCUT2D eigenvalue weighted by atomic mass is 9.91. The zero-order valence-electron chi connectivity index (χ0n) is 10.1. The van der Waals surface area contributed by atoms with E-state index in [1.54, 1.807) is 6.07 Å². The average Bonchev–Trinajstić information content (AvgIpc) is 2.36. The van der Waals surface area contributed by atoms with Crippen LogP contribution in [0, 0.1) is 5.82 Å². The fraction of sp³-hybridized carbons (Fsp3) is 0.538. The van der Waals surface area contributed by atoms with Gasteiger partial charge in [-0.05, 0) is 43.5 Å². The third-order valence-electron chi connectivity index (χ3n) is 2.90. The molecule has 4 heteroatoms. The first-order valence-corrected chi connectivity index (χ1v) is 6.47. The van der Waals surface area contributed by atoms with Gasteiger partial charge in [0.1, 0.15) is 5.82 Å². The fourth-order valence-corrected chi connectivity index (χ4v) is 2.33. The van der Waals surface area contributed by atoms with Gasteiger partial charge in [-0.3, -0.25) is 0 Å². The Morgan fingerprint density at radius 1 is 1.35 bits per heavy atom. The van der Waals surface area contributed by atoms with E-state index in [2.05, 4.69) is 22.9 Å². The number of hydrogen-bond donors (Lipinski definition) is 1. The van der Waals surface area contributed by atoms with Gasteiger partial charge >= 0.3 is 0 Å². The summed E-state index contributed by atoms with van der Waals surface area (Å²) >= 11 is 3.37. The molecule has 1 aromatic carbocycles. The zero-order chi connectivity index (χ0) is 12.8. The second kappa shape index (κ2) is 7.09. The molecule has 1 saturated heterocycles. The van der Waals surface area contributed by atoms with Crippen LogP contribution in [0.4, 0.5) is 4.39 Å². The molecule has 1 fully saturated rings. The SMILES string of the molecule is CO.C[C@H]1CCC(c2cc(Br)ccc2F)CO1. The molecule has 1 unspecified atom stereocenters. The van der Waals surface area contributed by atoms with Gasteiger partial charge in [0.05, 0.1) is 12.7 Å². The number of aliphatic hydroxyl groups is 1. The lowest BCUT2D eigenvalue weighted by molar-refractivity contribution is 0.0148. The first-order chi connectivity index (χ1) is 8.16. The Balaban J connectivity index is 0.000000686. The first kappa shape index (κ1) is 14.6. The molecule has 1 heterocycles. The van der Waals surface area contributed by atoms with Gasteiger partial charge in [-0.1, -0.05) is 15.9 Å². The van der Waals surface area contributed by atoms with Crippen molar-refractivity contribution in [1.29, 1.82) is 0 Å². The van der Waals surface area contributed by atoms with Crippen LogP contribution < -0.4 is 0 Å². The van der Waals surface area contributed by atoms with Crippen molar-refractivity contribution >= 4 is 15.9 Å². The van der Waals surface area contributed by atoms with Crippen molar-refractivity contribution in [2.75, 3.05) is 13.7 Å². The predicted octanol–water partition coefficient (Wildman–Crippen LogP) is 3.48. The normalized spacial score (nSPS) is 23.8. The van der Waals surface area contributed by atoms with Crippen LogP contribution in [0.3, 0.4) is 0 Å². The number of halogens is 2. The highest BCUT2D eigenvalue weighted by molar-refractivity contribution is 9.10. The van der Waals surface area contributed by atoms with Crippen molar-refractivity contribution in [3.8, 4) is 0 Å². The highest BCUT2D eigenvalue weighted by Gasteiger charge is 2.22. The quantitative estimate of drug-likeness (QED) is 0.861. The van der Waals surface area contributed by atoms with Gasteiger partial charge in [-0.15, -0.1) is 0 Å². The summed E-state index contributed by atoms with van der Waals surface area (Å²) in [6, 6.07) is 5.10. The Morgan fingerprint density at radius 3 is 2.65 bits per heavy atom. The second-order valence-electron chi connectivity index (χ2n) is 4.08. The van der Waals surface area contributed by atoms with Gasteiger partial charge < -0.3 is 9.84 Å². The third-order valence-corrected chi connectivity index (χ3v) is 3.39. The van der Waals surface area contributed by atoms with Crippen LogP contribution >= 0.6 is 15.9 Å². The van der Waals surface area contributed by atoms with Crippen LogP contribution in [0.2, 0.25) is 0 Å². The van der Waals surface area contributed by atoms with E-state index in [9.17, 15) is 4.39 Å². The monoisotopic (exact) mass is 304 g/mol. The van der Waals surface area contributed by atoms with Crippen molar-refractivity contribution in [2.24, 2.45) is 0 Å². The van der Waals surface area contributed by atoms with Crippen molar-refractivity contribution in [1.82, 2.24) is 0 Å². The minimum Gasteiger partial charge on any atom is -0.400 e. The molecule has 0 radical (unpaired) electrons. The van der Waals surface area contributed by atoms with Gasteiger partial charge in [0.2, 0.25) is 0 Å². The molecule has 1 aliphatic rings. The van der Waals surface area contributed by atoms with E-state index in [0.29, 0.717) is 12.7 Å². The van der Waals surface area contributed by atoms with Crippen LogP contribution in [0.1, 0.15) is 31.2 Å². The van der Waals surface area contributed by atoms with Gasteiger partial charge in [0.15, 0.2) is 0 Å². The Labute approximate surface area is 110 Å². The Morgan fingerprint density at radius 2 is 2.06 bits per heavy atom. The zero-order valence-corrected chi connectivity index (χ0v) is 11.7. The lowest BCUT2D eigenvalue weighted by Gasteiger charge is -2.27. The number of ether oxygens (including phenoxy) is 1. The summed E-state index contributed by atoms with van der Waals surface area (Å²) in [5.41, 5.74) is 0.774. The summed E-state index contributed by atoms with van der Waals surface area (Å²) in [6.45, 7) is 2.70. The van der Waals surface area contributed by atoms with Gasteiger partial charge in [0, 0.05) is 17.5 Å². The van der Waals surface area contributed by atoms with Crippen molar-refractivity contribution in [3.05, 3.63) is 34.1 Å². The van der Waals surface area contributed by atoms with Gasteiger partial charge in [0.25, 0.3) is 0 Å². The van der Waals surface area contributed by atoms with E-state index in [4.69, 9.17) is 9.84 Å². The highest BCUT2D eigenvalue weighted by atomic mass is 79.9. The summed E-state index contributed by atoms with van der Waals surface area (Å²) in [5, 5.41) is 7.00. The van der Waals surface area contributed by atoms with E-state index in [-0.39, 0.29) is 11.7 Å². The molecular weight excluding hydrogens is 287 g/mol. The van der Waals surface area contributed by atoms with Crippen molar-refractivity contribution < 1.29 is 14.2 Å². The lowest BCUT2D eigenvalue weighted by Crippen LogP contribution is -2.22. The molecule has 1 aromatic rings. The molecule has 2 rings (SSSR count). The molecule has 0 saturated carbocycles. The fourth-order valence-electron chi connectivity index (χ4n) is 1.96. The highest BCUT2D eigenvalue weighted by Crippen LogP contribution is 2.31. The predicted molar refractivity (Wildman–Crippen MR) is 69.6 cm³/mol. The molecular formula is C13H18BrFO2. The molecule has 1 aliphatic heterocycles. The average molecular weight is 305 g/mol. The van der Waals surface area contributed by atoms with Crippen molar-refractivity contribution in [2.45, 2.75) is 31.8 Å². The molecule has 0 spiro atoms. The largest absolute Gasteiger partial charge is 0.400 e. The van der Waals surface area contributed by atoms with Crippen LogP contribution in [0.5, 0.6) is 0 Å². The smallest absolute Gasteiger partial charge is 0.126 e. The standard InChI is InChI=1S/C12H14BrFO.CH4O/c1-8-2-3-9(7-15-8)11-6-10(13)4-5-12(11)14;1-2/h4-6,8-9H,2-3,7H2,1H3;2H,1H3/t8-,9?;/m0./s1. The topological polar surface area (TPSA) is 29.5 Å². The van der Waals surface area contributed by atoms with E-state index >= 15 is 0 Å². The Hall–Kier alpha value is -0.450. The van der Waals surface area contributed by atoms with Crippen molar-refractivity contribution in [3.63, 3.8) is 0 Å². The molecule has 2 nitrogen and oxygen atoms in total. The summed E-state index contributed by atoms with van der Waals surface area (Å²) in [6.07, 6.45) is 2.34. The number of aliphatic hydroxyl groups excluding tert-OH is 1. The number of benzene rings is 1. The van der Waals surface area contributed by atoms with Crippen LogP contribution in [0.15, 0.2) is 22.7 Å². The molecule has 0 aromatic heterocycles. The molecule has 0 amide bonds. The molecule has 2 atom stereocenters. The van der Waals surface area contributed by atoms with Crippen LogP contribution in [-0.4, -0.2) is 24.9 Å². The molecule has 0 bridgehead atoms. The van der Waals surface area contributed by atoms with Crippen LogP contribution in [0.25, 0.3) is 0 Å². The first-order valence-electron chi connectivity index (χ1n) is 5.68. The summed E-state index contributed by atoms with van der Waals surface area (Å²) in [5.74, 6) is 0.0834. The maximum absolute atomic E-state index is 13.6. The second-order valence-corrected chi connectivity index (χ2v) is 5.00. The van der Waals surface area contributed by atoms with E-state index in [0.717, 1.165) is 30.0 Å². The minimum absolute atomic E-state index is 0.124. The van der Waals surface area contributed by atoms with Gasteiger partial charge in [-0.2, -0.15) is 0 Å². The molecule has 96 valence electrons. The van der Waals surface area contributed by atoms with E-state index < -0.39 is 0 Å². The maximum Gasteiger partial charge on any atom is 0.126 e.